The predicted octanol–water partition coefficient (Wildman–Crippen LogP) is 24.1. The van der Waals surface area contributed by atoms with E-state index in [1.54, 1.807) is 12.2 Å². The van der Waals surface area contributed by atoms with Crippen LogP contribution in [0.15, 0.2) is 194 Å². The Bertz CT molecular complexity index is 2810. The first-order valence-corrected chi connectivity index (χ1v) is 43.7. The van der Waals surface area contributed by atoms with Gasteiger partial charge in [-0.15, -0.1) is 0 Å². The SMILES string of the molecule is CC/C=C\C/C=C\C/C=C\C/C=C\C/C=C\CC(=O)OC(COC(=O)CCCCCCCC/C=C\C/C=C\C/C=C\C/C=C\CC)COP(=O)(O)OCC(O)COP(=O)(O)OCC(COC(=O)CCCCCCCC/C=C\C/C=C\C/C=C\CCCCC)OC(=O)CCCC/C=C\C/C=C\C/C=C\C/C=C\CC. The predicted molar refractivity (Wildman–Crippen MR) is 445 cm³/mol. The highest BCUT2D eigenvalue weighted by Gasteiger charge is 2.30. The molecule has 0 aromatic carbocycles. The minimum atomic E-state index is -5.02. The first-order valence-electron chi connectivity index (χ1n) is 40.7. The number of rotatable bonds is 74. The van der Waals surface area contributed by atoms with E-state index in [1.165, 1.54) is 19.3 Å². The maximum Gasteiger partial charge on any atom is 0.472 e. The van der Waals surface area contributed by atoms with E-state index in [0.29, 0.717) is 32.1 Å². The molecule has 0 aliphatic heterocycles. The first kappa shape index (κ1) is 102. The van der Waals surface area contributed by atoms with Gasteiger partial charge in [-0.05, 0) is 167 Å². The van der Waals surface area contributed by atoms with E-state index in [1.807, 2.05) is 12.2 Å². The van der Waals surface area contributed by atoms with Crippen molar-refractivity contribution < 1.29 is 80.2 Å². The quantitative estimate of drug-likeness (QED) is 0.0169. The van der Waals surface area contributed by atoms with E-state index in [-0.39, 0.29) is 25.7 Å². The number of ether oxygens (including phenoxy) is 4. The normalized spacial score (nSPS) is 14.8. The molecule has 0 fully saturated rings. The van der Waals surface area contributed by atoms with Gasteiger partial charge in [-0.3, -0.25) is 37.3 Å². The summed E-state index contributed by atoms with van der Waals surface area (Å²) < 4.78 is 68.5. The van der Waals surface area contributed by atoms with Crippen LogP contribution in [0, 0.1) is 0 Å². The van der Waals surface area contributed by atoms with Gasteiger partial charge in [0.25, 0.3) is 0 Å². The summed E-state index contributed by atoms with van der Waals surface area (Å²) in [5.74, 6) is -2.42. The molecule has 0 bridgehead atoms. The lowest BCUT2D eigenvalue weighted by Gasteiger charge is -2.21. The van der Waals surface area contributed by atoms with Crippen LogP contribution in [0.4, 0.5) is 0 Å². The standard InChI is InChI=1S/C89H142O17P2/c1-5-9-13-17-21-25-29-33-37-39-41-43-47-49-53-57-61-65-69-73-86(91)99-79-84(105-88(93)75-71-67-63-59-55-51-45-35-31-27-23-19-15-11-7-3)81-103-107(95,96)101-77-83(90)78-102-108(97,98)104-82-85(106-89(94)76-72-68-64-60-56-52-46-36-32-28-24-20-16-12-8-4)80-100-87(92)74-70-66-62-58-54-50-48-44-42-40-38-34-30-26-22-18-14-10-6-2/h9,11-13,15-16,21-28,33-38,41-46,55-56,59-60,67,71,83-85,90H,5-8,10,14,17-20,29-32,39-40,47-54,57-58,61-66,68-70,72-82H2,1-4H3,(H,95,96)(H,97,98)/b13-9-,15-11-,16-12-,25-21-,26-22-,27-23-,28-24-,37-33-,38-34-,43-41-,44-42-,45-35-,46-36-,59-55-,60-56-,71-67-. The van der Waals surface area contributed by atoms with Gasteiger partial charge in [0.2, 0.25) is 0 Å². The van der Waals surface area contributed by atoms with Crippen LogP contribution in [-0.4, -0.2) is 96.7 Å². The van der Waals surface area contributed by atoms with E-state index >= 15 is 0 Å². The van der Waals surface area contributed by atoms with Gasteiger partial charge in [0.05, 0.1) is 32.8 Å². The van der Waals surface area contributed by atoms with Gasteiger partial charge in [-0.2, -0.15) is 0 Å². The molecule has 17 nitrogen and oxygen atoms in total. The maximum atomic E-state index is 13.1. The zero-order valence-corrected chi connectivity index (χ0v) is 68.5. The Morgan fingerprint density at radius 3 is 0.843 bits per heavy atom. The van der Waals surface area contributed by atoms with Crippen molar-refractivity contribution in [3.63, 3.8) is 0 Å². The highest BCUT2D eigenvalue weighted by molar-refractivity contribution is 7.47. The van der Waals surface area contributed by atoms with Gasteiger partial charge < -0.3 is 33.8 Å². The summed E-state index contributed by atoms with van der Waals surface area (Å²) in [7, 11) is -10.0. The van der Waals surface area contributed by atoms with Crippen molar-refractivity contribution in [1.29, 1.82) is 0 Å². The summed E-state index contributed by atoms with van der Waals surface area (Å²) in [6.07, 6.45) is 97.3. The fourth-order valence-corrected chi connectivity index (χ4v) is 11.6. The number of phosphoric ester groups is 2. The average Bonchev–Trinajstić information content (AvgIpc) is 0.907. The molecule has 0 aliphatic rings. The largest absolute Gasteiger partial charge is 0.472 e. The molecule has 0 aliphatic carbocycles. The molecule has 0 radical (unpaired) electrons. The fourth-order valence-electron chi connectivity index (χ4n) is 9.99. The minimum Gasteiger partial charge on any atom is -0.462 e. The van der Waals surface area contributed by atoms with Crippen molar-refractivity contribution in [2.24, 2.45) is 0 Å². The van der Waals surface area contributed by atoms with Crippen LogP contribution in [0.2, 0.25) is 0 Å². The molecule has 0 aromatic rings. The summed E-state index contributed by atoms with van der Waals surface area (Å²) >= 11 is 0. The van der Waals surface area contributed by atoms with E-state index in [4.69, 9.17) is 37.0 Å². The number of unbranched alkanes of at least 4 members (excludes halogenated alkanes) is 17. The molecule has 0 heterocycles. The zero-order valence-electron chi connectivity index (χ0n) is 66.7. The number of aliphatic hydroxyl groups is 1. The highest BCUT2D eigenvalue weighted by Crippen LogP contribution is 2.45. The van der Waals surface area contributed by atoms with Gasteiger partial charge in [0, 0.05) is 19.3 Å². The number of hydrogen-bond donors (Lipinski definition) is 3. The van der Waals surface area contributed by atoms with Crippen LogP contribution in [-0.2, 0) is 65.4 Å². The second kappa shape index (κ2) is 79.0. The molecule has 0 amide bonds. The number of esters is 4. The van der Waals surface area contributed by atoms with Crippen molar-refractivity contribution in [2.75, 3.05) is 39.6 Å². The molecule has 0 saturated heterocycles. The van der Waals surface area contributed by atoms with E-state index in [9.17, 15) is 43.2 Å². The molecule has 0 saturated carbocycles. The lowest BCUT2D eigenvalue weighted by Crippen LogP contribution is -2.30. The van der Waals surface area contributed by atoms with Gasteiger partial charge in [-0.25, -0.2) is 9.13 Å². The molecule has 610 valence electrons. The smallest absolute Gasteiger partial charge is 0.462 e. The number of hydrogen-bond acceptors (Lipinski definition) is 15. The number of allylic oxidation sites excluding steroid dienone is 31. The Hall–Kier alpha value is -6.10. The van der Waals surface area contributed by atoms with Gasteiger partial charge >= 0.3 is 39.5 Å². The summed E-state index contributed by atoms with van der Waals surface area (Å²) in [6, 6.07) is 0. The minimum absolute atomic E-state index is 0.0296. The lowest BCUT2D eigenvalue weighted by atomic mass is 10.1. The summed E-state index contributed by atoms with van der Waals surface area (Å²) in [4.78, 5) is 73.0. The van der Waals surface area contributed by atoms with Crippen LogP contribution < -0.4 is 0 Å². The monoisotopic (exact) mass is 1540 g/mol. The summed E-state index contributed by atoms with van der Waals surface area (Å²) in [5.41, 5.74) is 0. The Labute approximate surface area is 653 Å². The van der Waals surface area contributed by atoms with Crippen molar-refractivity contribution in [1.82, 2.24) is 0 Å². The Morgan fingerprint density at radius 1 is 0.278 bits per heavy atom. The molecular formula is C89H142O17P2. The van der Waals surface area contributed by atoms with Crippen molar-refractivity contribution in [3.8, 4) is 0 Å². The van der Waals surface area contributed by atoms with Crippen LogP contribution in [0.1, 0.15) is 285 Å². The summed E-state index contributed by atoms with van der Waals surface area (Å²) in [6.45, 7) is 4.29. The van der Waals surface area contributed by atoms with Crippen LogP contribution in [0.5, 0.6) is 0 Å². The van der Waals surface area contributed by atoms with Crippen LogP contribution in [0.25, 0.3) is 0 Å². The second-order valence-corrected chi connectivity index (χ2v) is 29.1. The second-order valence-electron chi connectivity index (χ2n) is 26.2. The van der Waals surface area contributed by atoms with Crippen LogP contribution in [0.3, 0.4) is 0 Å². The van der Waals surface area contributed by atoms with Gasteiger partial charge in [0.1, 0.15) is 19.3 Å². The average molecular weight is 1550 g/mol. The third-order valence-electron chi connectivity index (χ3n) is 16.1. The molecule has 19 heteroatoms. The third kappa shape index (κ3) is 78.0. The van der Waals surface area contributed by atoms with E-state index in [0.717, 1.165) is 180 Å². The topological polar surface area (TPSA) is 237 Å². The molecule has 108 heavy (non-hydrogen) atoms. The van der Waals surface area contributed by atoms with Crippen molar-refractivity contribution in [3.05, 3.63) is 194 Å². The van der Waals surface area contributed by atoms with Crippen molar-refractivity contribution >= 4 is 39.5 Å². The molecular weight excluding hydrogens is 1400 g/mol. The van der Waals surface area contributed by atoms with E-state index < -0.39 is 97.5 Å². The molecule has 0 rings (SSSR count). The van der Waals surface area contributed by atoms with Gasteiger partial charge in [-0.1, -0.05) is 286 Å². The molecule has 5 unspecified atom stereocenters. The number of phosphoric acid groups is 2. The summed E-state index contributed by atoms with van der Waals surface area (Å²) in [5, 5.41) is 10.6. The highest BCUT2D eigenvalue weighted by atomic mass is 31.2. The number of aliphatic hydroxyl groups excluding tert-OH is 1. The molecule has 0 spiro atoms. The zero-order chi connectivity index (χ0) is 78.9. The Morgan fingerprint density at radius 2 is 0.519 bits per heavy atom. The lowest BCUT2D eigenvalue weighted by molar-refractivity contribution is -0.161. The Balaban J connectivity index is 5.49. The number of carbonyl (C=O) groups excluding carboxylic acids is 4. The molecule has 0 aromatic heterocycles. The van der Waals surface area contributed by atoms with Crippen molar-refractivity contribution in [2.45, 2.75) is 303 Å². The van der Waals surface area contributed by atoms with E-state index in [2.05, 4.69) is 198 Å². The maximum absolute atomic E-state index is 13.1. The number of carbonyl (C=O) groups is 4. The molecule has 5 atom stereocenters. The first-order chi connectivity index (χ1) is 52.7. The fraction of sp³-hybridized carbons (Fsp3) is 0.596. The third-order valence-corrected chi connectivity index (χ3v) is 18.0. The molecule has 3 N–H and O–H groups in total. The van der Waals surface area contributed by atoms with Gasteiger partial charge in [0.15, 0.2) is 12.2 Å². The van der Waals surface area contributed by atoms with Crippen LogP contribution >= 0.6 is 15.6 Å². The Kier molecular flexibility index (Phi) is 74.5.